The maximum atomic E-state index is 12.3. The van der Waals surface area contributed by atoms with Gasteiger partial charge in [0.05, 0.1) is 11.8 Å². The van der Waals surface area contributed by atoms with E-state index in [1.54, 1.807) is 0 Å². The molecule has 6 rings (SSSR count). The fraction of sp³-hybridized carbons (Fsp3) is 0. The van der Waals surface area contributed by atoms with Crippen molar-refractivity contribution in [3.63, 3.8) is 0 Å². The summed E-state index contributed by atoms with van der Waals surface area (Å²) in [6, 6.07) is 22.0. The predicted octanol–water partition coefficient (Wildman–Crippen LogP) is 5.61. The summed E-state index contributed by atoms with van der Waals surface area (Å²) >= 11 is 1.35. The molecule has 0 aliphatic carbocycles. The molecule has 6 aromatic rings. The van der Waals surface area contributed by atoms with E-state index in [9.17, 15) is 4.79 Å². The number of nitrogens with one attached hydrogen (secondary N) is 1. The van der Waals surface area contributed by atoms with Gasteiger partial charge < -0.3 is 9.40 Å². The van der Waals surface area contributed by atoms with Crippen molar-refractivity contribution in [2.45, 2.75) is 0 Å². The van der Waals surface area contributed by atoms with E-state index in [4.69, 9.17) is 9.40 Å². The molecule has 6 heteroatoms. The second-order valence-corrected chi connectivity index (χ2v) is 7.76. The van der Waals surface area contributed by atoms with E-state index in [1.165, 1.54) is 17.7 Å². The summed E-state index contributed by atoms with van der Waals surface area (Å²) in [7, 11) is 0. The van der Waals surface area contributed by atoms with Crippen LogP contribution in [0.1, 0.15) is 0 Å². The minimum atomic E-state index is -0.151. The average Bonchev–Trinajstić information content (AvgIpc) is 3.36. The number of nitrogens with zero attached hydrogens (tertiary/aromatic N) is 2. The first-order chi connectivity index (χ1) is 14.3. The van der Waals surface area contributed by atoms with Crippen molar-refractivity contribution in [3.05, 3.63) is 83.4 Å². The molecule has 0 fully saturated rings. The lowest BCUT2D eigenvalue weighted by molar-refractivity contribution is 0.629. The van der Waals surface area contributed by atoms with Crippen LogP contribution in [0.25, 0.3) is 54.0 Å². The minimum absolute atomic E-state index is 0.151. The van der Waals surface area contributed by atoms with E-state index < -0.39 is 0 Å². The molecule has 0 spiro atoms. The fourth-order valence-corrected chi connectivity index (χ4v) is 4.71. The summed E-state index contributed by atoms with van der Waals surface area (Å²) in [5.41, 5.74) is 4.10. The molecule has 0 saturated heterocycles. The molecule has 5 nitrogen and oxygen atoms in total. The summed E-state index contributed by atoms with van der Waals surface area (Å²) in [6.45, 7) is 0. The van der Waals surface area contributed by atoms with Crippen LogP contribution in [-0.2, 0) is 0 Å². The molecular formula is C23H13N3O2S. The van der Waals surface area contributed by atoms with Crippen molar-refractivity contribution in [2.24, 2.45) is 0 Å². The molecule has 0 radical (unpaired) electrons. The smallest absolute Gasteiger partial charge is 0.268 e. The third kappa shape index (κ3) is 2.50. The standard InChI is InChI=1S/C23H13N3O2S/c27-22-21-20(24-12-25-22)19-15(13-6-2-1-3-7-13)11-16(26-23(19)29-21)18-10-14-8-4-5-9-17(14)28-18/h1-12H,(H,24,25,27). The van der Waals surface area contributed by atoms with Gasteiger partial charge in [-0.25, -0.2) is 9.97 Å². The first-order valence-corrected chi connectivity index (χ1v) is 9.95. The van der Waals surface area contributed by atoms with Gasteiger partial charge in [-0.15, -0.1) is 11.3 Å². The van der Waals surface area contributed by atoms with Crippen molar-refractivity contribution >= 4 is 42.7 Å². The SMILES string of the molecule is O=c1[nH]cnc2c1sc1nc(-c3cc4ccccc4o3)cc(-c3ccccc3)c12. The topological polar surface area (TPSA) is 71.8 Å². The Morgan fingerprint density at radius 2 is 1.79 bits per heavy atom. The van der Waals surface area contributed by atoms with Crippen LogP contribution in [0.5, 0.6) is 0 Å². The maximum absolute atomic E-state index is 12.3. The minimum Gasteiger partial charge on any atom is -0.454 e. The fourth-order valence-electron chi connectivity index (χ4n) is 3.66. The number of pyridine rings is 1. The molecule has 0 saturated carbocycles. The van der Waals surface area contributed by atoms with Crippen LogP contribution in [-0.4, -0.2) is 15.0 Å². The van der Waals surface area contributed by atoms with Gasteiger partial charge in [0.1, 0.15) is 20.8 Å². The second kappa shape index (κ2) is 6.12. The molecule has 0 atom stereocenters. The number of thiophene rings is 1. The number of hydrogen-bond donors (Lipinski definition) is 1. The van der Waals surface area contributed by atoms with E-state index in [2.05, 4.69) is 9.97 Å². The van der Waals surface area contributed by atoms with Crippen LogP contribution in [0, 0.1) is 0 Å². The van der Waals surface area contributed by atoms with Gasteiger partial charge in [0.15, 0.2) is 5.76 Å². The number of aromatic nitrogens is 3. The monoisotopic (exact) mass is 395 g/mol. The summed E-state index contributed by atoms with van der Waals surface area (Å²) in [5.74, 6) is 0.699. The molecule has 1 N–H and O–H groups in total. The number of furan rings is 1. The Hall–Kier alpha value is -3.77. The summed E-state index contributed by atoms with van der Waals surface area (Å²) in [4.78, 5) is 25.0. The Morgan fingerprint density at radius 3 is 2.66 bits per heavy atom. The molecular weight excluding hydrogens is 382 g/mol. The molecule has 0 unspecified atom stereocenters. The van der Waals surface area contributed by atoms with E-state index in [0.29, 0.717) is 16.0 Å². The molecule has 0 aliphatic heterocycles. The quantitative estimate of drug-likeness (QED) is 0.413. The van der Waals surface area contributed by atoms with Crippen LogP contribution in [0.4, 0.5) is 0 Å². The molecule has 0 bridgehead atoms. The van der Waals surface area contributed by atoms with Crippen LogP contribution >= 0.6 is 11.3 Å². The van der Waals surface area contributed by atoms with Gasteiger partial charge in [-0.2, -0.15) is 0 Å². The van der Waals surface area contributed by atoms with E-state index in [1.807, 2.05) is 66.7 Å². The number of hydrogen-bond acceptors (Lipinski definition) is 5. The molecule has 0 amide bonds. The zero-order chi connectivity index (χ0) is 19.4. The zero-order valence-electron chi connectivity index (χ0n) is 15.0. The van der Waals surface area contributed by atoms with E-state index in [-0.39, 0.29) is 5.56 Å². The van der Waals surface area contributed by atoms with Gasteiger partial charge >= 0.3 is 0 Å². The molecule has 4 heterocycles. The van der Waals surface area contributed by atoms with Crippen LogP contribution in [0.3, 0.4) is 0 Å². The zero-order valence-corrected chi connectivity index (χ0v) is 15.9. The first kappa shape index (κ1) is 16.2. The lowest BCUT2D eigenvalue weighted by atomic mass is 10.0. The highest BCUT2D eigenvalue weighted by molar-refractivity contribution is 7.25. The van der Waals surface area contributed by atoms with Crippen LogP contribution in [0.2, 0.25) is 0 Å². The lowest BCUT2D eigenvalue weighted by Crippen LogP contribution is -2.03. The second-order valence-electron chi connectivity index (χ2n) is 6.76. The molecule has 0 aliphatic rings. The normalized spacial score (nSPS) is 11.6. The molecule has 4 aromatic heterocycles. The highest BCUT2D eigenvalue weighted by Gasteiger charge is 2.18. The van der Waals surface area contributed by atoms with Crippen molar-refractivity contribution in [2.75, 3.05) is 0 Å². The van der Waals surface area contributed by atoms with Crippen LogP contribution in [0.15, 0.2) is 82.3 Å². The largest absolute Gasteiger partial charge is 0.454 e. The summed E-state index contributed by atoms with van der Waals surface area (Å²) in [5, 5.41) is 1.92. The predicted molar refractivity (Wildman–Crippen MR) is 116 cm³/mol. The third-order valence-corrected chi connectivity index (χ3v) is 6.07. The molecule has 138 valence electrons. The maximum Gasteiger partial charge on any atom is 0.268 e. The number of benzene rings is 2. The Balaban J connectivity index is 1.72. The van der Waals surface area contributed by atoms with E-state index in [0.717, 1.165) is 38.0 Å². The Kier molecular flexibility index (Phi) is 3.42. The van der Waals surface area contributed by atoms with Crippen molar-refractivity contribution in [1.82, 2.24) is 15.0 Å². The number of aromatic amines is 1. The van der Waals surface area contributed by atoms with Gasteiger partial charge in [0, 0.05) is 10.8 Å². The highest BCUT2D eigenvalue weighted by atomic mass is 32.1. The molecule has 2 aromatic carbocycles. The number of H-pyrrole nitrogens is 1. The third-order valence-electron chi connectivity index (χ3n) is 5.00. The van der Waals surface area contributed by atoms with Crippen LogP contribution < -0.4 is 5.56 Å². The molecule has 29 heavy (non-hydrogen) atoms. The first-order valence-electron chi connectivity index (χ1n) is 9.13. The Morgan fingerprint density at radius 1 is 0.966 bits per heavy atom. The van der Waals surface area contributed by atoms with Gasteiger partial charge in [0.2, 0.25) is 0 Å². The summed E-state index contributed by atoms with van der Waals surface area (Å²) in [6.07, 6.45) is 1.44. The van der Waals surface area contributed by atoms with Gasteiger partial charge in [-0.05, 0) is 29.3 Å². The Bertz CT molecular complexity index is 1550. The van der Waals surface area contributed by atoms with Crippen molar-refractivity contribution in [1.29, 1.82) is 0 Å². The number of rotatable bonds is 2. The number of fused-ring (bicyclic) bond motifs is 4. The highest BCUT2D eigenvalue weighted by Crippen LogP contribution is 2.39. The lowest BCUT2D eigenvalue weighted by Gasteiger charge is -2.06. The van der Waals surface area contributed by atoms with Gasteiger partial charge in [-0.3, -0.25) is 4.79 Å². The van der Waals surface area contributed by atoms with E-state index >= 15 is 0 Å². The Labute approximate surface area is 168 Å². The van der Waals surface area contributed by atoms with Crippen molar-refractivity contribution < 1.29 is 4.42 Å². The number of para-hydroxylation sites is 1. The van der Waals surface area contributed by atoms with Crippen molar-refractivity contribution in [3.8, 4) is 22.6 Å². The van der Waals surface area contributed by atoms with Gasteiger partial charge in [0.25, 0.3) is 5.56 Å². The average molecular weight is 395 g/mol. The summed E-state index contributed by atoms with van der Waals surface area (Å²) < 4.78 is 6.63. The van der Waals surface area contributed by atoms with Gasteiger partial charge in [-0.1, -0.05) is 48.5 Å².